The zero-order chi connectivity index (χ0) is 13.5. The number of rotatable bonds is 4. The third kappa shape index (κ3) is 4.75. The van der Waals surface area contributed by atoms with Crippen LogP contribution in [0.15, 0.2) is 0 Å². The van der Waals surface area contributed by atoms with Crippen LogP contribution in [0.5, 0.6) is 0 Å². The average Bonchev–Trinajstić information content (AvgIpc) is 2.66. The highest BCUT2D eigenvalue weighted by molar-refractivity contribution is 5.78. The molecule has 1 amide bonds. The van der Waals surface area contributed by atoms with Gasteiger partial charge in [0.05, 0.1) is 6.54 Å². The van der Waals surface area contributed by atoms with E-state index in [2.05, 4.69) is 9.80 Å². The third-order valence-electron chi connectivity index (χ3n) is 4.19. The Hall–Kier alpha value is -0.650. The third-order valence-corrected chi connectivity index (χ3v) is 4.19. The predicted octanol–water partition coefficient (Wildman–Crippen LogP) is -0.0347. The van der Waals surface area contributed by atoms with Gasteiger partial charge < -0.3 is 15.5 Å². The van der Waals surface area contributed by atoms with Gasteiger partial charge in [0.1, 0.15) is 0 Å². The molecule has 0 saturated carbocycles. The van der Waals surface area contributed by atoms with Crippen molar-refractivity contribution in [3.05, 3.63) is 0 Å². The Balaban J connectivity index is 1.74. The number of carbonyl (C=O) groups excluding carboxylic acids is 1. The van der Waals surface area contributed by atoms with E-state index >= 15 is 0 Å². The summed E-state index contributed by atoms with van der Waals surface area (Å²) in [4.78, 5) is 19.0. The maximum Gasteiger partial charge on any atom is 0.236 e. The fourth-order valence-corrected chi connectivity index (χ4v) is 3.02. The summed E-state index contributed by atoms with van der Waals surface area (Å²) < 4.78 is 0. The maximum absolute atomic E-state index is 12.2. The summed E-state index contributed by atoms with van der Waals surface area (Å²) in [6, 6.07) is 0. The smallest absolute Gasteiger partial charge is 0.236 e. The molecule has 5 heteroatoms. The maximum atomic E-state index is 12.2. The Bertz CT molecular complexity index is 279. The van der Waals surface area contributed by atoms with E-state index in [0.717, 1.165) is 58.8 Å². The molecule has 2 heterocycles. The molecule has 0 aromatic heterocycles. The molecule has 0 unspecified atom stereocenters. The van der Waals surface area contributed by atoms with Crippen molar-refractivity contribution in [3.8, 4) is 0 Å². The lowest BCUT2D eigenvalue weighted by atomic mass is 10.1. The molecule has 0 radical (unpaired) electrons. The van der Waals surface area contributed by atoms with Crippen molar-refractivity contribution < 1.29 is 4.79 Å². The fraction of sp³-hybridized carbons (Fsp3) is 0.929. The van der Waals surface area contributed by atoms with Crippen molar-refractivity contribution in [1.29, 1.82) is 0 Å². The van der Waals surface area contributed by atoms with E-state index in [1.807, 2.05) is 4.90 Å². The molecule has 2 fully saturated rings. The van der Waals surface area contributed by atoms with Crippen LogP contribution in [-0.4, -0.2) is 79.5 Å². The first-order valence-corrected chi connectivity index (χ1v) is 7.72. The molecule has 2 N–H and O–H groups in total. The first-order valence-electron chi connectivity index (χ1n) is 7.72. The predicted molar refractivity (Wildman–Crippen MR) is 77.0 cm³/mol. The van der Waals surface area contributed by atoms with Crippen LogP contribution in [0.25, 0.3) is 0 Å². The standard InChI is InChI=1S/C14H28N4O/c15-5-10-16-6-4-7-17(12-11-16)13-14(19)18-8-2-1-3-9-18/h1-13,15H2. The molecule has 5 nitrogen and oxygen atoms in total. The van der Waals surface area contributed by atoms with Crippen LogP contribution < -0.4 is 5.73 Å². The Labute approximate surface area is 116 Å². The van der Waals surface area contributed by atoms with E-state index in [-0.39, 0.29) is 0 Å². The van der Waals surface area contributed by atoms with Crippen molar-refractivity contribution in [2.75, 3.05) is 58.9 Å². The SMILES string of the molecule is NCCN1CCCN(CC(=O)N2CCCCC2)CC1. The Morgan fingerprint density at radius 3 is 2.26 bits per heavy atom. The van der Waals surface area contributed by atoms with Gasteiger partial charge in [-0.2, -0.15) is 0 Å². The minimum Gasteiger partial charge on any atom is -0.342 e. The van der Waals surface area contributed by atoms with E-state index < -0.39 is 0 Å². The second kappa shape index (κ2) is 7.82. The molecular formula is C14H28N4O. The number of hydrogen-bond donors (Lipinski definition) is 1. The molecule has 2 aliphatic rings. The van der Waals surface area contributed by atoms with Crippen LogP contribution in [0.3, 0.4) is 0 Å². The van der Waals surface area contributed by atoms with E-state index in [1.165, 1.54) is 19.3 Å². The van der Waals surface area contributed by atoms with Gasteiger partial charge in [-0.25, -0.2) is 0 Å². The lowest BCUT2D eigenvalue weighted by Gasteiger charge is -2.29. The van der Waals surface area contributed by atoms with E-state index in [1.54, 1.807) is 0 Å². The summed E-state index contributed by atoms with van der Waals surface area (Å²) >= 11 is 0. The zero-order valence-electron chi connectivity index (χ0n) is 12.0. The second-order valence-corrected chi connectivity index (χ2v) is 5.70. The molecule has 0 bridgehead atoms. The molecule has 0 aliphatic carbocycles. The van der Waals surface area contributed by atoms with Crippen molar-refractivity contribution in [2.45, 2.75) is 25.7 Å². The summed E-state index contributed by atoms with van der Waals surface area (Å²) in [6.45, 7) is 8.45. The first kappa shape index (κ1) is 14.8. The summed E-state index contributed by atoms with van der Waals surface area (Å²) in [5.41, 5.74) is 5.61. The molecule has 2 rings (SSSR count). The molecule has 2 saturated heterocycles. The van der Waals surface area contributed by atoms with Crippen LogP contribution in [-0.2, 0) is 4.79 Å². The van der Waals surface area contributed by atoms with Crippen LogP contribution in [0.4, 0.5) is 0 Å². The van der Waals surface area contributed by atoms with Gasteiger partial charge in [0, 0.05) is 39.3 Å². The van der Waals surface area contributed by atoms with Crippen molar-refractivity contribution >= 4 is 5.91 Å². The molecule has 0 aromatic carbocycles. The van der Waals surface area contributed by atoms with Crippen LogP contribution in [0, 0.1) is 0 Å². The number of amides is 1. The average molecular weight is 268 g/mol. The van der Waals surface area contributed by atoms with E-state index in [0.29, 0.717) is 12.5 Å². The Morgan fingerprint density at radius 1 is 0.842 bits per heavy atom. The molecular weight excluding hydrogens is 240 g/mol. The van der Waals surface area contributed by atoms with Gasteiger partial charge in [-0.3, -0.25) is 9.69 Å². The molecule has 110 valence electrons. The minimum atomic E-state index is 0.326. The lowest BCUT2D eigenvalue weighted by molar-refractivity contribution is -0.133. The minimum absolute atomic E-state index is 0.326. The number of nitrogens with two attached hydrogens (primary N) is 1. The van der Waals surface area contributed by atoms with Crippen molar-refractivity contribution in [1.82, 2.24) is 14.7 Å². The molecule has 0 spiro atoms. The summed E-state index contributed by atoms with van der Waals surface area (Å²) in [5, 5.41) is 0. The monoisotopic (exact) mass is 268 g/mol. The molecule has 0 atom stereocenters. The fourth-order valence-electron chi connectivity index (χ4n) is 3.02. The van der Waals surface area contributed by atoms with Crippen LogP contribution in [0.2, 0.25) is 0 Å². The summed E-state index contributed by atoms with van der Waals surface area (Å²) in [7, 11) is 0. The van der Waals surface area contributed by atoms with Crippen LogP contribution in [0.1, 0.15) is 25.7 Å². The number of carbonyl (C=O) groups is 1. The van der Waals surface area contributed by atoms with Gasteiger partial charge in [0.15, 0.2) is 0 Å². The molecule has 2 aliphatic heterocycles. The quantitative estimate of drug-likeness (QED) is 0.778. The number of nitrogens with zero attached hydrogens (tertiary/aromatic N) is 3. The van der Waals surface area contributed by atoms with Gasteiger partial charge in [-0.1, -0.05) is 0 Å². The largest absolute Gasteiger partial charge is 0.342 e. The van der Waals surface area contributed by atoms with E-state index in [9.17, 15) is 4.79 Å². The van der Waals surface area contributed by atoms with Gasteiger partial charge >= 0.3 is 0 Å². The molecule has 19 heavy (non-hydrogen) atoms. The summed E-state index contributed by atoms with van der Waals surface area (Å²) in [5.74, 6) is 0.326. The Morgan fingerprint density at radius 2 is 1.53 bits per heavy atom. The van der Waals surface area contributed by atoms with E-state index in [4.69, 9.17) is 5.73 Å². The number of piperidine rings is 1. The normalized spacial score (nSPS) is 23.3. The van der Waals surface area contributed by atoms with Crippen molar-refractivity contribution in [3.63, 3.8) is 0 Å². The van der Waals surface area contributed by atoms with Crippen molar-refractivity contribution in [2.24, 2.45) is 5.73 Å². The van der Waals surface area contributed by atoms with Gasteiger partial charge in [0.25, 0.3) is 0 Å². The van der Waals surface area contributed by atoms with Gasteiger partial charge in [-0.15, -0.1) is 0 Å². The lowest BCUT2D eigenvalue weighted by Crippen LogP contribution is -2.43. The highest BCUT2D eigenvalue weighted by Crippen LogP contribution is 2.10. The highest BCUT2D eigenvalue weighted by atomic mass is 16.2. The highest BCUT2D eigenvalue weighted by Gasteiger charge is 2.21. The second-order valence-electron chi connectivity index (χ2n) is 5.70. The first-order chi connectivity index (χ1) is 9.29. The number of hydrogen-bond acceptors (Lipinski definition) is 4. The number of likely N-dealkylation sites (tertiary alicyclic amines) is 1. The van der Waals surface area contributed by atoms with Crippen LogP contribution >= 0.6 is 0 Å². The molecule has 0 aromatic rings. The Kier molecular flexibility index (Phi) is 6.07. The van der Waals surface area contributed by atoms with Gasteiger partial charge in [-0.05, 0) is 38.8 Å². The topological polar surface area (TPSA) is 52.8 Å². The van der Waals surface area contributed by atoms with Gasteiger partial charge in [0.2, 0.25) is 5.91 Å². The summed E-state index contributed by atoms with van der Waals surface area (Å²) in [6.07, 6.45) is 4.78. The zero-order valence-corrected chi connectivity index (χ0v) is 12.0.